The van der Waals surface area contributed by atoms with Crippen molar-refractivity contribution in [1.29, 1.82) is 0 Å². The fourth-order valence-electron chi connectivity index (χ4n) is 2.06. The second-order valence-electron chi connectivity index (χ2n) is 4.42. The molecule has 0 saturated heterocycles. The molecule has 2 N–H and O–H groups in total. The van der Waals surface area contributed by atoms with Crippen LogP contribution in [0.1, 0.15) is 34.6 Å². The van der Waals surface area contributed by atoms with Gasteiger partial charge in [-0.05, 0) is 19.1 Å². The Kier molecular flexibility index (Phi) is 4.42. The predicted molar refractivity (Wildman–Crippen MR) is 73.9 cm³/mol. The van der Waals surface area contributed by atoms with Gasteiger partial charge in [0.1, 0.15) is 5.75 Å². The summed E-state index contributed by atoms with van der Waals surface area (Å²) in [6.07, 6.45) is 1.38. The minimum Gasteiger partial charge on any atom is -0.496 e. The lowest BCUT2D eigenvalue weighted by atomic mass is 10.1. The molecule has 0 aliphatic rings. The van der Waals surface area contributed by atoms with Crippen molar-refractivity contribution in [1.82, 2.24) is 5.32 Å². The van der Waals surface area contributed by atoms with Gasteiger partial charge in [0.25, 0.3) is 0 Å². The first kappa shape index (κ1) is 14.1. The van der Waals surface area contributed by atoms with Gasteiger partial charge >= 0.3 is 5.97 Å². The molecular formula is C15H17NO4. The molecule has 0 radical (unpaired) electrons. The molecule has 1 heterocycles. The Balaban J connectivity index is 2.07. The molecule has 5 heteroatoms. The van der Waals surface area contributed by atoms with Crippen molar-refractivity contribution in [2.75, 3.05) is 7.11 Å². The summed E-state index contributed by atoms with van der Waals surface area (Å²) in [5.41, 5.74) is 1.65. The van der Waals surface area contributed by atoms with E-state index in [2.05, 4.69) is 5.32 Å². The smallest absolute Gasteiger partial charge is 0.372 e. The zero-order valence-electron chi connectivity index (χ0n) is 11.4. The third-order valence-electron chi connectivity index (χ3n) is 3.15. The average molecular weight is 275 g/mol. The summed E-state index contributed by atoms with van der Waals surface area (Å²) in [7, 11) is 1.63. The van der Waals surface area contributed by atoms with Crippen molar-refractivity contribution < 1.29 is 19.1 Å². The van der Waals surface area contributed by atoms with Crippen molar-refractivity contribution in [3.8, 4) is 5.75 Å². The van der Waals surface area contributed by atoms with Crippen LogP contribution in [0.5, 0.6) is 5.75 Å². The number of methoxy groups -OCH3 is 1. The van der Waals surface area contributed by atoms with Gasteiger partial charge in [-0.1, -0.05) is 18.2 Å². The summed E-state index contributed by atoms with van der Waals surface area (Å²) in [5, 5.41) is 12.2. The summed E-state index contributed by atoms with van der Waals surface area (Å²) >= 11 is 0. The fraction of sp³-hybridized carbons (Fsp3) is 0.267. The first-order valence-corrected chi connectivity index (χ1v) is 6.29. The summed E-state index contributed by atoms with van der Waals surface area (Å²) < 4.78 is 10.3. The second-order valence-corrected chi connectivity index (χ2v) is 4.42. The highest BCUT2D eigenvalue weighted by Crippen LogP contribution is 2.24. The normalized spacial score (nSPS) is 12.1. The number of furan rings is 1. The number of benzene rings is 1. The van der Waals surface area contributed by atoms with E-state index < -0.39 is 5.97 Å². The number of ether oxygens (including phenoxy) is 1. The molecule has 1 aromatic carbocycles. The number of carboxylic acid groups (broad SMARTS) is 1. The van der Waals surface area contributed by atoms with Crippen LogP contribution >= 0.6 is 0 Å². The maximum absolute atomic E-state index is 11.0. The Labute approximate surface area is 117 Å². The quantitative estimate of drug-likeness (QED) is 0.848. The first-order chi connectivity index (χ1) is 9.63. The van der Waals surface area contributed by atoms with Crippen LogP contribution in [0, 0.1) is 0 Å². The van der Waals surface area contributed by atoms with Crippen LogP contribution in [0.3, 0.4) is 0 Å². The summed E-state index contributed by atoms with van der Waals surface area (Å²) in [6, 6.07) is 9.41. The summed E-state index contributed by atoms with van der Waals surface area (Å²) in [6.45, 7) is 2.41. The number of hydrogen-bond donors (Lipinski definition) is 2. The molecule has 0 bridgehead atoms. The van der Waals surface area contributed by atoms with Crippen LogP contribution in [0.2, 0.25) is 0 Å². The largest absolute Gasteiger partial charge is 0.496 e. The van der Waals surface area contributed by atoms with E-state index in [1.54, 1.807) is 13.2 Å². The fourth-order valence-corrected chi connectivity index (χ4v) is 2.06. The summed E-state index contributed by atoms with van der Waals surface area (Å²) in [5.74, 6) is -0.278. The SMILES string of the molecule is COc1ccccc1[C@@H](C)NCc1ccoc1C(=O)O. The van der Waals surface area contributed by atoms with Gasteiger partial charge in [-0.3, -0.25) is 0 Å². The van der Waals surface area contributed by atoms with Gasteiger partial charge in [-0.2, -0.15) is 0 Å². The predicted octanol–water partition coefficient (Wildman–Crippen LogP) is 2.84. The van der Waals surface area contributed by atoms with E-state index in [4.69, 9.17) is 14.3 Å². The van der Waals surface area contributed by atoms with Crippen molar-refractivity contribution >= 4 is 5.97 Å². The van der Waals surface area contributed by atoms with Crippen LogP contribution < -0.4 is 10.1 Å². The number of aromatic carboxylic acids is 1. The maximum atomic E-state index is 11.0. The lowest BCUT2D eigenvalue weighted by Gasteiger charge is -2.16. The minimum absolute atomic E-state index is 0.0234. The summed E-state index contributed by atoms with van der Waals surface area (Å²) in [4.78, 5) is 11.0. The van der Waals surface area contributed by atoms with Crippen LogP contribution in [0.25, 0.3) is 0 Å². The van der Waals surface area contributed by atoms with Gasteiger partial charge in [0.05, 0.1) is 13.4 Å². The third-order valence-corrected chi connectivity index (χ3v) is 3.15. The molecule has 2 rings (SSSR count). The van der Waals surface area contributed by atoms with Crippen molar-refractivity contribution in [3.63, 3.8) is 0 Å². The van der Waals surface area contributed by atoms with Crippen molar-refractivity contribution in [2.45, 2.75) is 19.5 Å². The zero-order valence-corrected chi connectivity index (χ0v) is 11.4. The minimum atomic E-state index is -1.06. The van der Waals surface area contributed by atoms with Gasteiger partial charge < -0.3 is 19.6 Å². The van der Waals surface area contributed by atoms with E-state index >= 15 is 0 Å². The molecule has 0 spiro atoms. The van der Waals surface area contributed by atoms with E-state index in [9.17, 15) is 4.79 Å². The Morgan fingerprint density at radius 2 is 2.15 bits per heavy atom. The molecule has 2 aromatic rings. The van der Waals surface area contributed by atoms with Gasteiger partial charge in [-0.25, -0.2) is 4.79 Å². The molecule has 0 fully saturated rings. The van der Waals surface area contributed by atoms with Gasteiger partial charge in [0.15, 0.2) is 0 Å². The van der Waals surface area contributed by atoms with E-state index in [1.807, 2.05) is 31.2 Å². The molecule has 1 aromatic heterocycles. The lowest BCUT2D eigenvalue weighted by molar-refractivity contribution is 0.0660. The van der Waals surface area contributed by atoms with E-state index in [1.165, 1.54) is 6.26 Å². The lowest BCUT2D eigenvalue weighted by Crippen LogP contribution is -2.19. The van der Waals surface area contributed by atoms with Crippen LogP contribution in [0.15, 0.2) is 41.0 Å². The topological polar surface area (TPSA) is 71.7 Å². The average Bonchev–Trinajstić information content (AvgIpc) is 2.93. The number of carbonyl (C=O) groups is 1. The van der Waals surface area contributed by atoms with E-state index in [-0.39, 0.29) is 11.8 Å². The monoisotopic (exact) mass is 275 g/mol. The third kappa shape index (κ3) is 3.00. The van der Waals surface area contributed by atoms with Gasteiger partial charge in [-0.15, -0.1) is 0 Å². The Morgan fingerprint density at radius 1 is 1.40 bits per heavy atom. The molecule has 0 aliphatic carbocycles. The number of rotatable bonds is 6. The molecule has 106 valence electrons. The molecule has 1 atom stereocenters. The van der Waals surface area contributed by atoms with Crippen LogP contribution in [-0.2, 0) is 6.54 Å². The van der Waals surface area contributed by atoms with Crippen molar-refractivity contribution in [2.24, 2.45) is 0 Å². The standard InChI is InChI=1S/C15H17NO4/c1-10(12-5-3-4-6-13(12)19-2)16-9-11-7-8-20-14(11)15(17)18/h3-8,10,16H,9H2,1-2H3,(H,17,18)/t10-/m1/s1. The second kappa shape index (κ2) is 6.25. The van der Waals surface area contributed by atoms with E-state index in [0.29, 0.717) is 12.1 Å². The Hall–Kier alpha value is -2.27. The highest BCUT2D eigenvalue weighted by molar-refractivity contribution is 5.86. The molecular weight excluding hydrogens is 258 g/mol. The maximum Gasteiger partial charge on any atom is 0.372 e. The van der Waals surface area contributed by atoms with Gasteiger partial charge in [0, 0.05) is 23.7 Å². The highest BCUT2D eigenvalue weighted by atomic mass is 16.5. The number of hydrogen-bond acceptors (Lipinski definition) is 4. The number of carboxylic acids is 1. The molecule has 0 saturated carbocycles. The molecule has 0 amide bonds. The Morgan fingerprint density at radius 3 is 2.85 bits per heavy atom. The first-order valence-electron chi connectivity index (χ1n) is 6.29. The van der Waals surface area contributed by atoms with Crippen molar-refractivity contribution in [3.05, 3.63) is 53.5 Å². The molecule has 0 aliphatic heterocycles. The highest BCUT2D eigenvalue weighted by Gasteiger charge is 2.15. The Bertz CT molecular complexity index is 591. The van der Waals surface area contributed by atoms with Crippen LogP contribution in [-0.4, -0.2) is 18.2 Å². The molecule has 5 nitrogen and oxygen atoms in total. The number of para-hydroxylation sites is 1. The van der Waals surface area contributed by atoms with E-state index in [0.717, 1.165) is 11.3 Å². The molecule has 0 unspecified atom stereocenters. The van der Waals surface area contributed by atoms with Crippen LogP contribution in [0.4, 0.5) is 0 Å². The zero-order chi connectivity index (χ0) is 14.5. The van der Waals surface area contributed by atoms with Gasteiger partial charge in [0.2, 0.25) is 5.76 Å². The molecule has 20 heavy (non-hydrogen) atoms. The number of nitrogens with one attached hydrogen (secondary N) is 1.